The van der Waals surface area contributed by atoms with Crippen LogP contribution in [0, 0.1) is 0 Å². The first-order valence-electron chi connectivity index (χ1n) is 9.44. The summed E-state index contributed by atoms with van der Waals surface area (Å²) in [5.41, 5.74) is 7.07. The molecule has 9 heteroatoms. The summed E-state index contributed by atoms with van der Waals surface area (Å²) < 4.78 is 0. The van der Waals surface area contributed by atoms with Gasteiger partial charge in [0.05, 0.1) is 11.9 Å². The molecule has 0 unspecified atom stereocenters. The maximum atomic E-state index is 12.7. The topological polar surface area (TPSA) is 123 Å². The lowest BCUT2D eigenvalue weighted by Gasteiger charge is -2.19. The van der Waals surface area contributed by atoms with E-state index in [4.69, 9.17) is 5.73 Å². The molecule has 0 radical (unpaired) electrons. The Balaban J connectivity index is 1.57. The van der Waals surface area contributed by atoms with Crippen molar-refractivity contribution >= 4 is 23.4 Å². The molecule has 0 bridgehead atoms. The first-order valence-corrected chi connectivity index (χ1v) is 9.44. The molecule has 3 aromatic rings. The third-order valence-electron chi connectivity index (χ3n) is 4.43. The second-order valence-corrected chi connectivity index (χ2v) is 6.48. The lowest BCUT2D eigenvalue weighted by molar-refractivity contribution is -0.116. The molecule has 30 heavy (non-hydrogen) atoms. The van der Waals surface area contributed by atoms with E-state index >= 15 is 0 Å². The Morgan fingerprint density at radius 1 is 1.07 bits per heavy atom. The Kier molecular flexibility index (Phi) is 6.53. The highest BCUT2D eigenvalue weighted by molar-refractivity contribution is 5.95. The van der Waals surface area contributed by atoms with Gasteiger partial charge < -0.3 is 16.0 Å². The molecule has 9 nitrogen and oxygen atoms in total. The van der Waals surface area contributed by atoms with E-state index < -0.39 is 5.91 Å². The largest absolute Gasteiger partial charge is 0.366 e. The molecule has 3 amide bonds. The molecule has 154 valence electrons. The second-order valence-electron chi connectivity index (χ2n) is 6.48. The van der Waals surface area contributed by atoms with Gasteiger partial charge in [-0.3, -0.25) is 14.4 Å². The average Bonchev–Trinajstić information content (AvgIpc) is 3.25. The monoisotopic (exact) mass is 406 g/mol. The summed E-state index contributed by atoms with van der Waals surface area (Å²) in [7, 11) is 0. The number of nitrogens with zero attached hydrogens (tertiary/aromatic N) is 4. The Hall–Kier alpha value is -4.01. The van der Waals surface area contributed by atoms with Crippen molar-refractivity contribution in [2.45, 2.75) is 13.3 Å². The van der Waals surface area contributed by atoms with E-state index in [2.05, 4.69) is 15.5 Å². The van der Waals surface area contributed by atoms with E-state index in [1.54, 1.807) is 12.1 Å². The second kappa shape index (κ2) is 9.46. The number of nitrogens with one attached hydrogen (secondary N) is 1. The number of carbonyl (C=O) groups is 3. The first kappa shape index (κ1) is 20.7. The molecule has 1 heterocycles. The number of carbonyl (C=O) groups excluding carboxylic acids is 3. The average molecular weight is 406 g/mol. The van der Waals surface area contributed by atoms with Gasteiger partial charge in [-0.15, -0.1) is 5.10 Å². The number of benzene rings is 2. The van der Waals surface area contributed by atoms with Crippen LogP contribution in [0.4, 0.5) is 5.69 Å². The van der Waals surface area contributed by atoms with Crippen LogP contribution in [0.15, 0.2) is 60.8 Å². The third kappa shape index (κ3) is 5.07. The van der Waals surface area contributed by atoms with E-state index in [0.717, 1.165) is 5.69 Å². The van der Waals surface area contributed by atoms with Gasteiger partial charge in [0.25, 0.3) is 5.91 Å². The fourth-order valence-corrected chi connectivity index (χ4v) is 2.79. The van der Waals surface area contributed by atoms with Crippen LogP contribution >= 0.6 is 0 Å². The molecule has 0 fully saturated rings. The van der Waals surface area contributed by atoms with Gasteiger partial charge in [-0.25, -0.2) is 0 Å². The van der Waals surface area contributed by atoms with Crippen LogP contribution in [0.2, 0.25) is 0 Å². The van der Waals surface area contributed by atoms with Gasteiger partial charge in [-0.1, -0.05) is 18.2 Å². The van der Waals surface area contributed by atoms with E-state index in [1.807, 2.05) is 37.3 Å². The summed E-state index contributed by atoms with van der Waals surface area (Å²) in [5, 5.41) is 11.1. The zero-order valence-corrected chi connectivity index (χ0v) is 16.5. The van der Waals surface area contributed by atoms with Gasteiger partial charge in [0.15, 0.2) is 5.69 Å². The van der Waals surface area contributed by atoms with Gasteiger partial charge in [-0.05, 0) is 43.3 Å². The molecule has 3 N–H and O–H groups in total. The fourth-order valence-electron chi connectivity index (χ4n) is 2.79. The predicted octanol–water partition coefficient (Wildman–Crippen LogP) is 1.86. The van der Waals surface area contributed by atoms with Crippen LogP contribution in [0.5, 0.6) is 0 Å². The number of amides is 3. The minimum absolute atomic E-state index is 0.115. The van der Waals surface area contributed by atoms with Crippen LogP contribution in [0.3, 0.4) is 0 Å². The molecule has 1 aromatic heterocycles. The minimum atomic E-state index is -0.533. The molecule has 0 aliphatic carbocycles. The van der Waals surface area contributed by atoms with Crippen molar-refractivity contribution in [1.82, 2.24) is 19.9 Å². The SMILES string of the molecule is CCN(CCC(=O)Nc1ccc(C(N)=O)cc1)C(=O)c1cnn(-c2ccccc2)n1. The summed E-state index contributed by atoms with van der Waals surface area (Å²) in [5.74, 6) is -1.08. The van der Waals surface area contributed by atoms with Crippen LogP contribution in [-0.2, 0) is 4.79 Å². The smallest absolute Gasteiger partial charge is 0.276 e. The van der Waals surface area contributed by atoms with Gasteiger partial charge >= 0.3 is 0 Å². The number of rotatable bonds is 8. The van der Waals surface area contributed by atoms with Crippen LogP contribution in [-0.4, -0.2) is 50.7 Å². The Morgan fingerprint density at radius 3 is 2.40 bits per heavy atom. The molecule has 0 saturated heterocycles. The summed E-state index contributed by atoms with van der Waals surface area (Å²) in [6, 6.07) is 15.6. The molecule has 0 atom stereocenters. The van der Waals surface area contributed by atoms with Gasteiger partial charge in [0.2, 0.25) is 11.8 Å². The van der Waals surface area contributed by atoms with Crippen LogP contribution in [0.1, 0.15) is 34.2 Å². The quantitative estimate of drug-likeness (QED) is 0.591. The zero-order valence-electron chi connectivity index (χ0n) is 16.5. The summed E-state index contributed by atoms with van der Waals surface area (Å²) in [6.07, 6.45) is 1.53. The standard InChI is InChI=1S/C21H22N6O3/c1-2-26(13-12-19(28)24-16-10-8-15(9-11-16)20(22)29)21(30)18-14-23-27(25-18)17-6-4-3-5-7-17/h3-11,14H,2,12-13H2,1H3,(H2,22,29)(H,24,28). The van der Waals surface area contributed by atoms with E-state index in [0.29, 0.717) is 17.8 Å². The lowest BCUT2D eigenvalue weighted by Crippen LogP contribution is -2.34. The first-order chi connectivity index (χ1) is 14.5. The Labute approximate surface area is 173 Å². The van der Waals surface area contributed by atoms with E-state index in [9.17, 15) is 14.4 Å². The Bertz CT molecular complexity index is 1030. The number of aromatic nitrogens is 3. The summed E-state index contributed by atoms with van der Waals surface area (Å²) in [6.45, 7) is 2.50. The number of anilines is 1. The molecule has 0 saturated carbocycles. The molecular formula is C21H22N6O3. The normalized spacial score (nSPS) is 10.4. The van der Waals surface area contributed by atoms with Crippen molar-refractivity contribution in [2.75, 3.05) is 18.4 Å². The van der Waals surface area contributed by atoms with Crippen molar-refractivity contribution in [2.24, 2.45) is 5.73 Å². The maximum Gasteiger partial charge on any atom is 0.276 e. The summed E-state index contributed by atoms with van der Waals surface area (Å²) >= 11 is 0. The molecule has 0 aliphatic rings. The predicted molar refractivity (Wildman–Crippen MR) is 111 cm³/mol. The fraction of sp³-hybridized carbons (Fsp3) is 0.190. The minimum Gasteiger partial charge on any atom is -0.366 e. The highest BCUT2D eigenvalue weighted by Gasteiger charge is 2.19. The lowest BCUT2D eigenvalue weighted by atomic mass is 10.2. The highest BCUT2D eigenvalue weighted by Crippen LogP contribution is 2.11. The molecule has 0 spiro atoms. The Morgan fingerprint density at radius 2 is 1.77 bits per heavy atom. The van der Waals surface area contributed by atoms with Crippen molar-refractivity contribution in [3.05, 3.63) is 72.1 Å². The number of para-hydroxylation sites is 1. The van der Waals surface area contributed by atoms with E-state index in [-0.39, 0.29) is 30.5 Å². The van der Waals surface area contributed by atoms with Crippen molar-refractivity contribution in [3.8, 4) is 5.69 Å². The third-order valence-corrected chi connectivity index (χ3v) is 4.43. The number of nitrogens with two attached hydrogens (primary N) is 1. The van der Waals surface area contributed by atoms with Crippen molar-refractivity contribution < 1.29 is 14.4 Å². The van der Waals surface area contributed by atoms with Crippen LogP contribution in [0.25, 0.3) is 5.69 Å². The summed E-state index contributed by atoms with van der Waals surface area (Å²) in [4.78, 5) is 39.0. The van der Waals surface area contributed by atoms with Gasteiger partial charge in [0, 0.05) is 30.8 Å². The number of hydrogen-bond donors (Lipinski definition) is 2. The van der Waals surface area contributed by atoms with Crippen LogP contribution < -0.4 is 11.1 Å². The number of primary amides is 1. The van der Waals surface area contributed by atoms with Gasteiger partial charge in [0.1, 0.15) is 0 Å². The van der Waals surface area contributed by atoms with Crippen molar-refractivity contribution in [3.63, 3.8) is 0 Å². The molecular weight excluding hydrogens is 384 g/mol. The maximum absolute atomic E-state index is 12.7. The molecule has 0 aliphatic heterocycles. The van der Waals surface area contributed by atoms with E-state index in [1.165, 1.54) is 28.0 Å². The highest BCUT2D eigenvalue weighted by atomic mass is 16.2. The molecule has 3 rings (SSSR count). The number of hydrogen-bond acceptors (Lipinski definition) is 5. The van der Waals surface area contributed by atoms with Gasteiger partial charge in [-0.2, -0.15) is 9.90 Å². The zero-order chi connectivity index (χ0) is 21.5. The molecule has 2 aromatic carbocycles. The van der Waals surface area contributed by atoms with Crippen molar-refractivity contribution in [1.29, 1.82) is 0 Å².